The summed E-state index contributed by atoms with van der Waals surface area (Å²) < 4.78 is 0. The molecule has 1 saturated carbocycles. The van der Waals surface area contributed by atoms with Gasteiger partial charge in [-0.05, 0) is 44.5 Å². The third-order valence-corrected chi connectivity index (χ3v) is 4.60. The molecule has 1 saturated heterocycles. The van der Waals surface area contributed by atoms with Crippen LogP contribution in [0.5, 0.6) is 0 Å². The van der Waals surface area contributed by atoms with Crippen molar-refractivity contribution in [3.8, 4) is 0 Å². The summed E-state index contributed by atoms with van der Waals surface area (Å²) in [5.74, 6) is 1.99. The van der Waals surface area contributed by atoms with Crippen LogP contribution in [0, 0.1) is 5.92 Å². The van der Waals surface area contributed by atoms with Crippen LogP contribution >= 0.6 is 0 Å². The molecule has 0 bridgehead atoms. The smallest absolute Gasteiger partial charge is 0.128 e. The summed E-state index contributed by atoms with van der Waals surface area (Å²) in [5, 5.41) is 3.33. The molecular weight excluding hydrogens is 236 g/mol. The molecular formula is C15H24N4. The van der Waals surface area contributed by atoms with Gasteiger partial charge in [0, 0.05) is 38.4 Å². The number of pyridine rings is 1. The molecule has 0 aromatic carbocycles. The van der Waals surface area contributed by atoms with E-state index in [1.807, 2.05) is 12.3 Å². The maximum Gasteiger partial charge on any atom is 0.128 e. The fourth-order valence-corrected chi connectivity index (χ4v) is 3.36. The summed E-state index contributed by atoms with van der Waals surface area (Å²) in [4.78, 5) is 9.54. The number of hydrogen-bond acceptors (Lipinski definition) is 4. The van der Waals surface area contributed by atoms with E-state index in [1.165, 1.54) is 32.5 Å². The Kier molecular flexibility index (Phi) is 3.99. The first-order valence-corrected chi connectivity index (χ1v) is 7.43. The zero-order valence-electron chi connectivity index (χ0n) is 11.8. The maximum absolute atomic E-state index is 4.45. The van der Waals surface area contributed by atoms with Gasteiger partial charge in [0.15, 0.2) is 0 Å². The van der Waals surface area contributed by atoms with Crippen LogP contribution in [0.2, 0.25) is 0 Å². The molecule has 0 amide bonds. The second-order valence-electron chi connectivity index (χ2n) is 5.67. The molecule has 2 aliphatic rings. The fraction of sp³-hybridized carbons (Fsp3) is 0.667. The van der Waals surface area contributed by atoms with Gasteiger partial charge in [-0.2, -0.15) is 0 Å². The summed E-state index contributed by atoms with van der Waals surface area (Å²) in [6.07, 6.45) is 4.67. The zero-order valence-corrected chi connectivity index (χ0v) is 11.8. The van der Waals surface area contributed by atoms with E-state index in [0.717, 1.165) is 30.9 Å². The van der Waals surface area contributed by atoms with Crippen LogP contribution in [0.4, 0.5) is 5.82 Å². The van der Waals surface area contributed by atoms with Gasteiger partial charge in [0.05, 0.1) is 0 Å². The Balaban J connectivity index is 1.52. The van der Waals surface area contributed by atoms with Crippen molar-refractivity contribution in [1.29, 1.82) is 0 Å². The van der Waals surface area contributed by atoms with Gasteiger partial charge in [0.1, 0.15) is 5.82 Å². The molecule has 2 fully saturated rings. The Morgan fingerprint density at radius 3 is 2.63 bits per heavy atom. The van der Waals surface area contributed by atoms with Crippen molar-refractivity contribution < 1.29 is 0 Å². The third-order valence-electron chi connectivity index (χ3n) is 4.60. The summed E-state index contributed by atoms with van der Waals surface area (Å²) >= 11 is 0. The average molecular weight is 260 g/mol. The predicted molar refractivity (Wildman–Crippen MR) is 78.5 cm³/mol. The SMILES string of the molecule is CNCC1CCC1N1CCN(c2ccccn2)CC1. The highest BCUT2D eigenvalue weighted by Crippen LogP contribution is 2.32. The predicted octanol–water partition coefficient (Wildman–Crippen LogP) is 1.20. The molecule has 1 aromatic rings. The number of aromatic nitrogens is 1. The van der Waals surface area contributed by atoms with Gasteiger partial charge in [-0.3, -0.25) is 4.90 Å². The second kappa shape index (κ2) is 5.88. The van der Waals surface area contributed by atoms with Crippen LogP contribution in [0.1, 0.15) is 12.8 Å². The molecule has 1 aliphatic carbocycles. The van der Waals surface area contributed by atoms with Gasteiger partial charge in [-0.1, -0.05) is 6.07 Å². The minimum absolute atomic E-state index is 0.818. The number of rotatable bonds is 4. The number of nitrogens with zero attached hydrogens (tertiary/aromatic N) is 3. The Hall–Kier alpha value is -1.13. The van der Waals surface area contributed by atoms with Crippen LogP contribution in [-0.4, -0.2) is 55.7 Å². The van der Waals surface area contributed by atoms with Gasteiger partial charge in [0.25, 0.3) is 0 Å². The topological polar surface area (TPSA) is 31.4 Å². The average Bonchev–Trinajstić information content (AvgIpc) is 2.45. The van der Waals surface area contributed by atoms with Crippen LogP contribution in [-0.2, 0) is 0 Å². The van der Waals surface area contributed by atoms with Crippen molar-refractivity contribution in [2.75, 3.05) is 44.7 Å². The molecule has 0 spiro atoms. The van der Waals surface area contributed by atoms with Crippen LogP contribution < -0.4 is 10.2 Å². The quantitative estimate of drug-likeness (QED) is 0.881. The van der Waals surface area contributed by atoms with Crippen LogP contribution in [0.15, 0.2) is 24.4 Å². The number of nitrogens with one attached hydrogen (secondary N) is 1. The first kappa shape index (κ1) is 12.9. The summed E-state index contributed by atoms with van der Waals surface area (Å²) in [6.45, 7) is 5.76. The molecule has 19 heavy (non-hydrogen) atoms. The standard InChI is InChI=1S/C15H24N4/c1-16-12-13-5-6-14(13)18-8-10-19(11-9-18)15-4-2-3-7-17-15/h2-4,7,13-14,16H,5-6,8-12H2,1H3. The second-order valence-corrected chi connectivity index (χ2v) is 5.67. The first-order valence-electron chi connectivity index (χ1n) is 7.43. The summed E-state index contributed by atoms with van der Waals surface area (Å²) in [5.41, 5.74) is 0. The molecule has 2 heterocycles. The normalized spacial score (nSPS) is 28.2. The van der Waals surface area contributed by atoms with Crippen LogP contribution in [0.3, 0.4) is 0 Å². The molecule has 2 atom stereocenters. The third kappa shape index (κ3) is 2.74. The molecule has 104 valence electrons. The summed E-state index contributed by atoms with van der Waals surface area (Å²) in [6, 6.07) is 6.99. The monoisotopic (exact) mass is 260 g/mol. The Morgan fingerprint density at radius 2 is 2.05 bits per heavy atom. The molecule has 0 radical (unpaired) electrons. The van der Waals surface area contributed by atoms with Crippen molar-refractivity contribution in [3.63, 3.8) is 0 Å². The lowest BCUT2D eigenvalue weighted by atomic mass is 9.78. The van der Waals surface area contributed by atoms with Gasteiger partial charge in [0.2, 0.25) is 0 Å². The van der Waals surface area contributed by atoms with Gasteiger partial charge in [-0.25, -0.2) is 4.98 Å². The van der Waals surface area contributed by atoms with Gasteiger partial charge in [-0.15, -0.1) is 0 Å². The maximum atomic E-state index is 4.45. The largest absolute Gasteiger partial charge is 0.354 e. The molecule has 3 rings (SSSR count). The van der Waals surface area contributed by atoms with E-state index < -0.39 is 0 Å². The van der Waals surface area contributed by atoms with E-state index in [9.17, 15) is 0 Å². The molecule has 2 unspecified atom stereocenters. The molecule has 4 nitrogen and oxygen atoms in total. The highest BCUT2D eigenvalue weighted by Gasteiger charge is 2.36. The Labute approximate surface area is 115 Å². The van der Waals surface area contributed by atoms with Crippen molar-refractivity contribution in [2.45, 2.75) is 18.9 Å². The van der Waals surface area contributed by atoms with E-state index in [1.54, 1.807) is 0 Å². The molecule has 1 N–H and O–H groups in total. The first-order chi connectivity index (χ1) is 9.38. The number of anilines is 1. The summed E-state index contributed by atoms with van der Waals surface area (Å²) in [7, 11) is 2.06. The molecule has 1 aliphatic heterocycles. The van der Waals surface area contributed by atoms with Crippen molar-refractivity contribution in [3.05, 3.63) is 24.4 Å². The minimum atomic E-state index is 0.818. The van der Waals surface area contributed by atoms with Crippen molar-refractivity contribution in [1.82, 2.24) is 15.2 Å². The van der Waals surface area contributed by atoms with E-state index in [0.29, 0.717) is 0 Å². The van der Waals surface area contributed by atoms with Crippen molar-refractivity contribution >= 4 is 5.82 Å². The number of piperazine rings is 1. The lowest BCUT2D eigenvalue weighted by Crippen LogP contribution is -2.57. The number of hydrogen-bond donors (Lipinski definition) is 1. The van der Waals surface area contributed by atoms with Gasteiger partial charge >= 0.3 is 0 Å². The minimum Gasteiger partial charge on any atom is -0.354 e. The highest BCUT2D eigenvalue weighted by atomic mass is 15.3. The van der Waals surface area contributed by atoms with Crippen LogP contribution in [0.25, 0.3) is 0 Å². The Morgan fingerprint density at radius 1 is 1.21 bits per heavy atom. The lowest BCUT2D eigenvalue weighted by molar-refractivity contribution is 0.0581. The van der Waals surface area contributed by atoms with E-state index >= 15 is 0 Å². The van der Waals surface area contributed by atoms with Gasteiger partial charge < -0.3 is 10.2 Å². The Bertz CT molecular complexity index is 386. The lowest BCUT2D eigenvalue weighted by Gasteiger charge is -2.48. The zero-order chi connectivity index (χ0) is 13.1. The van der Waals surface area contributed by atoms with E-state index in [2.05, 4.69) is 39.3 Å². The van der Waals surface area contributed by atoms with Crippen molar-refractivity contribution in [2.24, 2.45) is 5.92 Å². The van der Waals surface area contributed by atoms with E-state index in [4.69, 9.17) is 0 Å². The van der Waals surface area contributed by atoms with E-state index in [-0.39, 0.29) is 0 Å². The highest BCUT2D eigenvalue weighted by molar-refractivity contribution is 5.38. The molecule has 4 heteroatoms. The molecule has 1 aromatic heterocycles. The fourth-order valence-electron chi connectivity index (χ4n) is 3.36.